The van der Waals surface area contributed by atoms with Crippen molar-refractivity contribution < 1.29 is 4.39 Å². The average molecular weight is 211 g/mol. The topological polar surface area (TPSA) is 12.0 Å². The van der Waals surface area contributed by atoms with E-state index in [1.54, 1.807) is 6.07 Å². The summed E-state index contributed by atoms with van der Waals surface area (Å²) in [5, 5.41) is 3.97. The average Bonchev–Trinajstić information content (AvgIpc) is 2.69. The number of rotatable bonds is 3. The summed E-state index contributed by atoms with van der Waals surface area (Å²) in [4.78, 5) is 0. The first-order chi connectivity index (χ1) is 6.86. The van der Waals surface area contributed by atoms with Gasteiger partial charge in [-0.05, 0) is 24.6 Å². The first kappa shape index (κ1) is 9.99. The third-order valence-electron chi connectivity index (χ3n) is 2.45. The van der Waals surface area contributed by atoms with E-state index in [1.165, 1.54) is 12.5 Å². The standard InChI is InChI=1S/C11H14FNS/c12-11-4-2-1-3-9(11)8-14-10-5-6-13-7-10/h1-4,10,13H,5-8H2. The molecule has 0 aromatic heterocycles. The third-order valence-corrected chi connectivity index (χ3v) is 3.80. The van der Waals surface area contributed by atoms with Crippen LogP contribution in [0.25, 0.3) is 0 Å². The van der Waals surface area contributed by atoms with Gasteiger partial charge in [0.2, 0.25) is 0 Å². The Morgan fingerprint density at radius 2 is 2.29 bits per heavy atom. The SMILES string of the molecule is Fc1ccccc1CSC1CCNC1. The van der Waals surface area contributed by atoms with E-state index in [4.69, 9.17) is 0 Å². The van der Waals surface area contributed by atoms with Crippen LogP contribution in [-0.4, -0.2) is 18.3 Å². The van der Waals surface area contributed by atoms with Crippen LogP contribution >= 0.6 is 11.8 Å². The summed E-state index contributed by atoms with van der Waals surface area (Å²) in [7, 11) is 0. The molecule has 14 heavy (non-hydrogen) atoms. The van der Waals surface area contributed by atoms with Gasteiger partial charge >= 0.3 is 0 Å². The van der Waals surface area contributed by atoms with E-state index in [2.05, 4.69) is 5.32 Å². The Morgan fingerprint density at radius 3 is 3.00 bits per heavy atom. The number of nitrogens with one attached hydrogen (secondary N) is 1. The van der Waals surface area contributed by atoms with Gasteiger partial charge in [-0.15, -0.1) is 0 Å². The number of hydrogen-bond acceptors (Lipinski definition) is 2. The summed E-state index contributed by atoms with van der Waals surface area (Å²) in [5.74, 6) is 0.713. The lowest BCUT2D eigenvalue weighted by molar-refractivity contribution is 0.617. The minimum atomic E-state index is -0.0778. The molecule has 0 spiro atoms. The van der Waals surface area contributed by atoms with Crippen LogP contribution in [0.15, 0.2) is 24.3 Å². The van der Waals surface area contributed by atoms with Crippen molar-refractivity contribution in [3.8, 4) is 0 Å². The van der Waals surface area contributed by atoms with Crippen LogP contribution in [0.3, 0.4) is 0 Å². The van der Waals surface area contributed by atoms with E-state index in [9.17, 15) is 4.39 Å². The monoisotopic (exact) mass is 211 g/mol. The lowest BCUT2D eigenvalue weighted by Crippen LogP contribution is -2.10. The van der Waals surface area contributed by atoms with Crippen LogP contribution < -0.4 is 5.32 Å². The molecule has 1 atom stereocenters. The molecule has 1 saturated heterocycles. The van der Waals surface area contributed by atoms with E-state index < -0.39 is 0 Å². The van der Waals surface area contributed by atoms with Gasteiger partial charge in [0.15, 0.2) is 0 Å². The Morgan fingerprint density at radius 1 is 1.43 bits per heavy atom. The second-order valence-electron chi connectivity index (χ2n) is 3.52. The van der Waals surface area contributed by atoms with Crippen LogP contribution in [0.2, 0.25) is 0 Å². The van der Waals surface area contributed by atoms with Crippen LogP contribution in [0, 0.1) is 5.82 Å². The van der Waals surface area contributed by atoms with Crippen molar-refractivity contribution in [1.82, 2.24) is 5.32 Å². The Bertz CT molecular complexity index is 297. The predicted octanol–water partition coefficient (Wildman–Crippen LogP) is 2.42. The number of thioether (sulfide) groups is 1. The lowest BCUT2D eigenvalue weighted by Gasteiger charge is -2.08. The molecule has 1 fully saturated rings. The molecule has 3 heteroatoms. The zero-order valence-electron chi connectivity index (χ0n) is 8.00. The van der Waals surface area contributed by atoms with Gasteiger partial charge in [0.05, 0.1) is 0 Å². The zero-order valence-corrected chi connectivity index (χ0v) is 8.82. The second kappa shape index (κ2) is 4.80. The van der Waals surface area contributed by atoms with Crippen LogP contribution in [0.1, 0.15) is 12.0 Å². The molecule has 2 rings (SSSR count). The van der Waals surface area contributed by atoms with Crippen LogP contribution in [0.5, 0.6) is 0 Å². The first-order valence-corrected chi connectivity index (χ1v) is 5.97. The first-order valence-electron chi connectivity index (χ1n) is 4.92. The number of benzene rings is 1. The van der Waals surface area contributed by atoms with Gasteiger partial charge in [0, 0.05) is 17.5 Å². The van der Waals surface area contributed by atoms with E-state index in [1.807, 2.05) is 23.9 Å². The molecular formula is C11H14FNS. The van der Waals surface area contributed by atoms with Crippen molar-refractivity contribution in [2.24, 2.45) is 0 Å². The molecule has 1 nitrogen and oxygen atoms in total. The van der Waals surface area contributed by atoms with Crippen molar-refractivity contribution in [3.63, 3.8) is 0 Å². The van der Waals surface area contributed by atoms with Gasteiger partial charge < -0.3 is 5.32 Å². The van der Waals surface area contributed by atoms with E-state index in [0.29, 0.717) is 5.25 Å². The van der Waals surface area contributed by atoms with Crippen molar-refractivity contribution in [3.05, 3.63) is 35.6 Å². The third kappa shape index (κ3) is 2.49. The molecule has 1 heterocycles. The zero-order chi connectivity index (χ0) is 9.80. The fraction of sp³-hybridized carbons (Fsp3) is 0.455. The maximum Gasteiger partial charge on any atom is 0.127 e. The summed E-state index contributed by atoms with van der Waals surface area (Å²) in [6, 6.07) is 7.03. The van der Waals surface area contributed by atoms with Gasteiger partial charge in [-0.3, -0.25) is 0 Å². The minimum Gasteiger partial charge on any atom is -0.316 e. The van der Waals surface area contributed by atoms with Gasteiger partial charge in [0.1, 0.15) is 5.82 Å². The summed E-state index contributed by atoms with van der Waals surface area (Å²) < 4.78 is 13.2. The van der Waals surface area contributed by atoms with Crippen molar-refractivity contribution in [2.45, 2.75) is 17.4 Å². The van der Waals surface area contributed by atoms with Crippen LogP contribution in [0.4, 0.5) is 4.39 Å². The van der Waals surface area contributed by atoms with Crippen molar-refractivity contribution in [1.29, 1.82) is 0 Å². The number of halogens is 1. The van der Waals surface area contributed by atoms with Gasteiger partial charge in [-0.1, -0.05) is 18.2 Å². The normalized spacial score (nSPS) is 21.4. The smallest absolute Gasteiger partial charge is 0.127 e. The highest BCUT2D eigenvalue weighted by molar-refractivity contribution is 7.99. The molecule has 0 amide bonds. The molecule has 1 aromatic rings. The summed E-state index contributed by atoms with van der Waals surface area (Å²) >= 11 is 1.85. The fourth-order valence-electron chi connectivity index (χ4n) is 1.59. The molecule has 0 aliphatic carbocycles. The lowest BCUT2D eigenvalue weighted by atomic mass is 10.2. The van der Waals surface area contributed by atoms with Gasteiger partial charge in [-0.25, -0.2) is 4.39 Å². The Labute approximate surface area is 88.1 Å². The molecule has 0 radical (unpaired) electrons. The maximum absolute atomic E-state index is 13.2. The highest BCUT2D eigenvalue weighted by atomic mass is 32.2. The van der Waals surface area contributed by atoms with E-state index in [-0.39, 0.29) is 5.82 Å². The predicted molar refractivity (Wildman–Crippen MR) is 59.0 cm³/mol. The van der Waals surface area contributed by atoms with Gasteiger partial charge in [-0.2, -0.15) is 11.8 Å². The molecule has 1 unspecified atom stereocenters. The largest absolute Gasteiger partial charge is 0.316 e. The summed E-state index contributed by atoms with van der Waals surface area (Å²) in [5.41, 5.74) is 0.824. The maximum atomic E-state index is 13.2. The molecule has 1 aromatic carbocycles. The highest BCUT2D eigenvalue weighted by Gasteiger charge is 2.15. The van der Waals surface area contributed by atoms with Crippen LogP contribution in [-0.2, 0) is 5.75 Å². The van der Waals surface area contributed by atoms with Gasteiger partial charge in [0.25, 0.3) is 0 Å². The second-order valence-corrected chi connectivity index (χ2v) is 4.81. The molecule has 1 aliphatic heterocycles. The number of hydrogen-bond donors (Lipinski definition) is 1. The van der Waals surface area contributed by atoms with E-state index in [0.717, 1.165) is 24.4 Å². The highest BCUT2D eigenvalue weighted by Crippen LogP contribution is 2.23. The molecule has 0 saturated carbocycles. The Balaban J connectivity index is 1.88. The quantitative estimate of drug-likeness (QED) is 0.824. The Kier molecular flexibility index (Phi) is 3.43. The summed E-state index contributed by atoms with van der Waals surface area (Å²) in [6.07, 6.45) is 1.21. The molecule has 1 aliphatic rings. The molecule has 0 bridgehead atoms. The van der Waals surface area contributed by atoms with E-state index >= 15 is 0 Å². The molecular weight excluding hydrogens is 197 g/mol. The molecule has 1 N–H and O–H groups in total. The van der Waals surface area contributed by atoms with Crippen molar-refractivity contribution in [2.75, 3.05) is 13.1 Å². The molecule has 76 valence electrons. The summed E-state index contributed by atoms with van der Waals surface area (Å²) in [6.45, 7) is 2.17. The fourth-order valence-corrected chi connectivity index (χ4v) is 2.76. The Hall–Kier alpha value is -0.540. The van der Waals surface area contributed by atoms with Crippen molar-refractivity contribution >= 4 is 11.8 Å². The minimum absolute atomic E-state index is 0.0778.